The van der Waals surface area contributed by atoms with E-state index in [9.17, 15) is 14.4 Å². The molecule has 0 fully saturated rings. The molecule has 2 amide bonds. The molecule has 138 valence electrons. The van der Waals surface area contributed by atoms with Gasteiger partial charge < -0.3 is 14.9 Å². The molecule has 2 rings (SSSR count). The number of hydrogen-bond acceptors (Lipinski definition) is 4. The number of benzene rings is 1. The molecule has 0 saturated carbocycles. The summed E-state index contributed by atoms with van der Waals surface area (Å²) >= 11 is 1.33. The zero-order valence-electron chi connectivity index (χ0n) is 14.6. The zero-order valence-corrected chi connectivity index (χ0v) is 15.4. The number of aliphatic carboxylic acids is 1. The maximum absolute atomic E-state index is 12.7. The van der Waals surface area contributed by atoms with Crippen LogP contribution in [0.25, 0.3) is 0 Å². The lowest BCUT2D eigenvalue weighted by Gasteiger charge is -2.25. The van der Waals surface area contributed by atoms with Gasteiger partial charge in [0.05, 0.1) is 11.4 Å². The Morgan fingerprint density at radius 2 is 1.81 bits per heavy atom. The van der Waals surface area contributed by atoms with Crippen LogP contribution in [0.4, 0.5) is 0 Å². The van der Waals surface area contributed by atoms with E-state index in [2.05, 4.69) is 0 Å². The molecule has 1 aromatic carbocycles. The molecule has 0 bridgehead atoms. The van der Waals surface area contributed by atoms with Crippen molar-refractivity contribution in [1.29, 1.82) is 0 Å². The van der Waals surface area contributed by atoms with Crippen molar-refractivity contribution in [2.75, 3.05) is 20.1 Å². The van der Waals surface area contributed by atoms with Crippen LogP contribution in [0.2, 0.25) is 0 Å². The van der Waals surface area contributed by atoms with Crippen LogP contribution >= 0.6 is 11.3 Å². The molecule has 0 radical (unpaired) electrons. The number of carbonyl (C=O) groups is 3. The third-order valence-electron chi connectivity index (χ3n) is 3.84. The largest absolute Gasteiger partial charge is 0.481 e. The first kappa shape index (κ1) is 19.7. The molecule has 0 unspecified atom stereocenters. The number of rotatable bonds is 9. The lowest BCUT2D eigenvalue weighted by molar-refractivity contribution is -0.138. The Hall–Kier alpha value is -2.67. The summed E-state index contributed by atoms with van der Waals surface area (Å²) in [5, 5.41) is 10.6. The highest BCUT2D eigenvalue weighted by molar-refractivity contribution is 7.12. The first-order chi connectivity index (χ1) is 12.5. The van der Waals surface area contributed by atoms with Crippen LogP contribution in [0.5, 0.6) is 0 Å². The van der Waals surface area contributed by atoms with Crippen molar-refractivity contribution in [3.8, 4) is 0 Å². The lowest BCUT2D eigenvalue weighted by Crippen LogP contribution is -2.41. The fourth-order valence-electron chi connectivity index (χ4n) is 2.48. The van der Waals surface area contributed by atoms with Crippen LogP contribution < -0.4 is 0 Å². The van der Waals surface area contributed by atoms with Crippen LogP contribution in [0, 0.1) is 0 Å². The SMILES string of the molecule is CN(CC(=O)N(CCCC(=O)O)Cc1ccccc1)C(=O)c1cccs1. The molecule has 7 heteroatoms. The molecule has 0 aliphatic carbocycles. The van der Waals surface area contributed by atoms with Gasteiger partial charge in [-0.15, -0.1) is 11.3 Å². The smallest absolute Gasteiger partial charge is 0.303 e. The molecule has 0 aliphatic heterocycles. The summed E-state index contributed by atoms with van der Waals surface area (Å²) in [6.07, 6.45) is 0.374. The second-order valence-corrected chi connectivity index (χ2v) is 6.88. The maximum atomic E-state index is 12.7. The van der Waals surface area contributed by atoms with Gasteiger partial charge in [0.2, 0.25) is 5.91 Å². The minimum Gasteiger partial charge on any atom is -0.481 e. The van der Waals surface area contributed by atoms with Gasteiger partial charge in [-0.2, -0.15) is 0 Å². The first-order valence-corrected chi connectivity index (χ1v) is 9.18. The van der Waals surface area contributed by atoms with Crippen LogP contribution in [0.15, 0.2) is 47.8 Å². The van der Waals surface area contributed by atoms with Crippen LogP contribution in [0.1, 0.15) is 28.1 Å². The molecular formula is C19H22N2O4S. The van der Waals surface area contributed by atoms with E-state index in [1.165, 1.54) is 16.2 Å². The number of hydrogen-bond donors (Lipinski definition) is 1. The van der Waals surface area contributed by atoms with E-state index < -0.39 is 5.97 Å². The summed E-state index contributed by atoms with van der Waals surface area (Å²) in [6, 6.07) is 13.0. The van der Waals surface area contributed by atoms with E-state index in [0.717, 1.165) is 5.56 Å². The molecule has 26 heavy (non-hydrogen) atoms. The third kappa shape index (κ3) is 6.00. The molecule has 1 N–H and O–H groups in total. The van der Waals surface area contributed by atoms with Crippen LogP contribution in [0.3, 0.4) is 0 Å². The molecule has 0 atom stereocenters. The Kier molecular flexibility index (Phi) is 7.35. The van der Waals surface area contributed by atoms with Gasteiger partial charge >= 0.3 is 5.97 Å². The molecule has 1 aromatic heterocycles. The summed E-state index contributed by atoms with van der Waals surface area (Å²) in [5.74, 6) is -1.28. The number of likely N-dealkylation sites (N-methyl/N-ethyl adjacent to an activating group) is 1. The van der Waals surface area contributed by atoms with E-state index >= 15 is 0 Å². The average molecular weight is 374 g/mol. The van der Waals surface area contributed by atoms with E-state index in [1.807, 2.05) is 35.7 Å². The molecule has 0 saturated heterocycles. The summed E-state index contributed by atoms with van der Waals surface area (Å²) in [5.41, 5.74) is 0.961. The highest BCUT2D eigenvalue weighted by atomic mass is 32.1. The molecule has 0 aliphatic rings. The predicted molar refractivity (Wildman–Crippen MR) is 100 cm³/mol. The fourth-order valence-corrected chi connectivity index (χ4v) is 3.20. The molecule has 0 spiro atoms. The lowest BCUT2D eigenvalue weighted by atomic mass is 10.2. The first-order valence-electron chi connectivity index (χ1n) is 8.30. The molecular weight excluding hydrogens is 352 g/mol. The molecule has 6 nitrogen and oxygen atoms in total. The number of carbonyl (C=O) groups excluding carboxylic acids is 2. The Labute approximate surface area is 156 Å². The van der Waals surface area contributed by atoms with Crippen molar-refractivity contribution in [3.63, 3.8) is 0 Å². The van der Waals surface area contributed by atoms with Gasteiger partial charge in [0.25, 0.3) is 5.91 Å². The summed E-state index contributed by atoms with van der Waals surface area (Å²) < 4.78 is 0. The van der Waals surface area contributed by atoms with Crippen molar-refractivity contribution >= 4 is 29.1 Å². The van der Waals surface area contributed by atoms with Crippen molar-refractivity contribution in [3.05, 3.63) is 58.3 Å². The van der Waals surface area contributed by atoms with Crippen LogP contribution in [-0.4, -0.2) is 52.8 Å². The normalized spacial score (nSPS) is 10.3. The van der Waals surface area contributed by atoms with E-state index in [-0.39, 0.29) is 24.8 Å². The standard InChI is InChI=1S/C19H22N2O4S/c1-20(19(25)16-9-6-12-26-16)14-17(22)21(11-5-10-18(23)24)13-15-7-3-2-4-8-15/h2-4,6-9,12H,5,10-11,13-14H2,1H3,(H,23,24). The summed E-state index contributed by atoms with van der Waals surface area (Å²) in [7, 11) is 1.60. The predicted octanol–water partition coefficient (Wildman–Crippen LogP) is 2.71. The van der Waals surface area contributed by atoms with Crippen molar-refractivity contribution < 1.29 is 19.5 Å². The van der Waals surface area contributed by atoms with Gasteiger partial charge in [0, 0.05) is 26.6 Å². The highest BCUT2D eigenvalue weighted by Crippen LogP contribution is 2.12. The Bertz CT molecular complexity index is 731. The van der Waals surface area contributed by atoms with Gasteiger partial charge in [-0.25, -0.2) is 0 Å². The topological polar surface area (TPSA) is 77.9 Å². The van der Waals surface area contributed by atoms with Gasteiger partial charge in [-0.3, -0.25) is 14.4 Å². The van der Waals surface area contributed by atoms with Gasteiger partial charge in [-0.05, 0) is 23.4 Å². The minimum atomic E-state index is -0.887. The van der Waals surface area contributed by atoms with Crippen molar-refractivity contribution in [1.82, 2.24) is 9.80 Å². The Morgan fingerprint density at radius 3 is 2.42 bits per heavy atom. The number of carboxylic acid groups (broad SMARTS) is 1. The summed E-state index contributed by atoms with van der Waals surface area (Å²) in [6.45, 7) is 0.679. The number of amides is 2. The fraction of sp³-hybridized carbons (Fsp3) is 0.316. The number of thiophene rings is 1. The average Bonchev–Trinajstić information content (AvgIpc) is 3.15. The van der Waals surface area contributed by atoms with Gasteiger partial charge in [-0.1, -0.05) is 36.4 Å². The molecule has 1 heterocycles. The summed E-state index contributed by atoms with van der Waals surface area (Å²) in [4.78, 5) is 39.3. The van der Waals surface area contributed by atoms with Crippen LogP contribution in [-0.2, 0) is 16.1 Å². The van der Waals surface area contributed by atoms with E-state index in [4.69, 9.17) is 5.11 Å². The third-order valence-corrected chi connectivity index (χ3v) is 4.70. The van der Waals surface area contributed by atoms with Crippen molar-refractivity contribution in [2.45, 2.75) is 19.4 Å². The second-order valence-electron chi connectivity index (χ2n) is 5.94. The van der Waals surface area contributed by atoms with Gasteiger partial charge in [0.15, 0.2) is 0 Å². The van der Waals surface area contributed by atoms with Crippen molar-refractivity contribution in [2.24, 2.45) is 0 Å². The second kappa shape index (κ2) is 9.72. The zero-order chi connectivity index (χ0) is 18.9. The minimum absolute atomic E-state index is 0.00251. The maximum Gasteiger partial charge on any atom is 0.303 e. The highest BCUT2D eigenvalue weighted by Gasteiger charge is 2.20. The quantitative estimate of drug-likeness (QED) is 0.732. The monoisotopic (exact) mass is 374 g/mol. The molecule has 2 aromatic rings. The van der Waals surface area contributed by atoms with Gasteiger partial charge in [0.1, 0.15) is 0 Å². The van der Waals surface area contributed by atoms with E-state index in [0.29, 0.717) is 24.4 Å². The van der Waals surface area contributed by atoms with E-state index in [1.54, 1.807) is 24.1 Å². The Balaban J connectivity index is 2.01. The Morgan fingerprint density at radius 1 is 1.08 bits per heavy atom. The number of nitrogens with zero attached hydrogens (tertiary/aromatic N) is 2. The number of carboxylic acids is 1.